The smallest absolute Gasteiger partial charge is 0.326 e. The molecule has 0 radical (unpaired) electrons. The summed E-state index contributed by atoms with van der Waals surface area (Å²) >= 11 is 0. The Bertz CT molecular complexity index is 1870. The average molecular weight is 912 g/mol. The number of nitrogens with zero attached hydrogens (tertiary/aromatic N) is 2. The van der Waals surface area contributed by atoms with Gasteiger partial charge in [0.25, 0.3) is 0 Å². The van der Waals surface area contributed by atoms with Crippen LogP contribution in [0.3, 0.4) is 0 Å². The maximum Gasteiger partial charge on any atom is 0.326 e. The zero-order valence-corrected chi connectivity index (χ0v) is 37.4. The molecule has 22 N–H and O–H groups in total. The number of benzene rings is 2. The summed E-state index contributed by atoms with van der Waals surface area (Å²) in [6.07, 6.45) is 4.27. The van der Waals surface area contributed by atoms with Crippen LogP contribution in [0, 0.1) is 0 Å². The first-order valence-corrected chi connectivity index (χ1v) is 22.3. The highest BCUT2D eigenvalue weighted by molar-refractivity contribution is 5.97. The molecule has 65 heavy (non-hydrogen) atoms. The number of carboxylic acid groups (broad SMARTS) is 1. The van der Waals surface area contributed by atoms with Gasteiger partial charge in [-0.3, -0.25) is 34.0 Å². The third kappa shape index (κ3) is 21.4. The fourth-order valence-electron chi connectivity index (χ4n) is 6.96. The molecule has 0 aromatic heterocycles. The molecule has 2 aromatic rings. The second kappa shape index (κ2) is 30.9. The van der Waals surface area contributed by atoms with Crippen molar-refractivity contribution in [1.82, 2.24) is 26.6 Å². The Kier molecular flexibility index (Phi) is 26.2. The van der Waals surface area contributed by atoms with Crippen LogP contribution in [-0.2, 0) is 35.2 Å². The van der Waals surface area contributed by atoms with Gasteiger partial charge < -0.3 is 77.6 Å². The normalized spacial score (nSPS) is 13.8. The van der Waals surface area contributed by atoms with Crippen molar-refractivity contribution in [2.75, 3.05) is 32.7 Å². The first kappa shape index (κ1) is 55.0. The third-order valence-electron chi connectivity index (χ3n) is 10.5. The number of carboxylic acids is 1. The summed E-state index contributed by atoms with van der Waals surface area (Å²) in [5.41, 5.74) is 45.8. The maximum atomic E-state index is 14.5. The van der Waals surface area contributed by atoms with Crippen LogP contribution in [-0.4, -0.2) is 122 Å². The van der Waals surface area contributed by atoms with E-state index in [-0.39, 0.29) is 70.0 Å². The molecule has 0 saturated carbocycles. The Balaban J connectivity index is 2.55. The summed E-state index contributed by atoms with van der Waals surface area (Å²) in [5, 5.41) is 25.1. The Morgan fingerprint density at radius 3 is 1.38 bits per heavy atom. The molecule has 362 valence electrons. The lowest BCUT2D eigenvalue weighted by Crippen LogP contribution is -2.59. The van der Waals surface area contributed by atoms with Crippen molar-refractivity contribution in [3.63, 3.8) is 0 Å². The molecule has 0 bridgehead atoms. The SMILES string of the molecule is NCCCCC(N)C(=O)NC(CCCN=C(N)N)C(=O)NC(CCCN=C(N)N)C(=O)NC(Cc1cccc2ccccc12)C(=O)NC(CCCCN)C(=O)NC(CCCCN)C(=O)O. The Morgan fingerprint density at radius 2 is 0.892 bits per heavy atom. The lowest BCUT2D eigenvalue weighted by atomic mass is 9.97. The van der Waals surface area contributed by atoms with Crippen molar-refractivity contribution in [3.8, 4) is 0 Å². The molecular weight excluding hydrogens is 839 g/mol. The number of guanidine groups is 2. The van der Waals surface area contributed by atoms with Gasteiger partial charge in [0, 0.05) is 19.5 Å². The lowest BCUT2D eigenvalue weighted by molar-refractivity contribution is -0.142. The van der Waals surface area contributed by atoms with Crippen LogP contribution in [0.1, 0.15) is 89.0 Å². The molecule has 0 aliphatic carbocycles. The second-order valence-corrected chi connectivity index (χ2v) is 15.8. The fraction of sp³-hybridized carbons (Fsp3) is 0.581. The van der Waals surface area contributed by atoms with E-state index in [2.05, 4.69) is 36.6 Å². The van der Waals surface area contributed by atoms with E-state index < -0.39 is 71.8 Å². The molecule has 0 spiro atoms. The predicted molar refractivity (Wildman–Crippen MR) is 251 cm³/mol. The number of hydrogen-bond acceptors (Lipinski definition) is 12. The summed E-state index contributed by atoms with van der Waals surface area (Å²) in [4.78, 5) is 90.0. The maximum absolute atomic E-state index is 14.5. The van der Waals surface area contributed by atoms with Crippen molar-refractivity contribution in [1.29, 1.82) is 0 Å². The monoisotopic (exact) mass is 912 g/mol. The van der Waals surface area contributed by atoms with Gasteiger partial charge in [-0.1, -0.05) is 48.9 Å². The van der Waals surface area contributed by atoms with E-state index in [0.717, 1.165) is 10.8 Å². The number of fused-ring (bicyclic) bond motifs is 1. The van der Waals surface area contributed by atoms with Gasteiger partial charge in [0.2, 0.25) is 29.5 Å². The molecule has 0 aliphatic rings. The van der Waals surface area contributed by atoms with Crippen LogP contribution < -0.4 is 72.5 Å². The molecule has 2 aromatic carbocycles. The summed E-state index contributed by atoms with van der Waals surface area (Å²) in [6, 6.07) is 5.86. The number of carbonyl (C=O) groups is 6. The molecule has 6 unspecified atom stereocenters. The number of carbonyl (C=O) groups excluding carboxylic acids is 5. The minimum atomic E-state index is -1.32. The van der Waals surface area contributed by atoms with Crippen molar-refractivity contribution < 1.29 is 33.9 Å². The van der Waals surface area contributed by atoms with Crippen molar-refractivity contribution in [2.45, 2.75) is 126 Å². The molecular formula is C43H73N15O7. The van der Waals surface area contributed by atoms with Crippen molar-refractivity contribution in [3.05, 3.63) is 48.0 Å². The molecule has 0 aliphatic heterocycles. The highest BCUT2D eigenvalue weighted by atomic mass is 16.4. The average Bonchev–Trinajstić information content (AvgIpc) is 3.27. The molecule has 6 atom stereocenters. The molecule has 0 fully saturated rings. The van der Waals surface area contributed by atoms with Gasteiger partial charge in [-0.2, -0.15) is 0 Å². The topological polar surface area (TPSA) is 416 Å². The predicted octanol–water partition coefficient (Wildman–Crippen LogP) is -2.29. The molecule has 0 saturated heterocycles. The fourth-order valence-corrected chi connectivity index (χ4v) is 6.96. The van der Waals surface area contributed by atoms with E-state index in [1.807, 2.05) is 42.5 Å². The van der Waals surface area contributed by atoms with E-state index in [0.29, 0.717) is 70.1 Å². The van der Waals surface area contributed by atoms with Crippen LogP contribution in [0.25, 0.3) is 10.8 Å². The Labute approximate surface area is 380 Å². The van der Waals surface area contributed by atoms with E-state index in [4.69, 9.17) is 45.9 Å². The van der Waals surface area contributed by atoms with Crippen LogP contribution in [0.5, 0.6) is 0 Å². The molecule has 2 rings (SSSR count). The van der Waals surface area contributed by atoms with Gasteiger partial charge in [-0.15, -0.1) is 0 Å². The summed E-state index contributed by atoms with van der Waals surface area (Å²) in [6.45, 7) is 1.34. The number of aliphatic imine (C=N–C) groups is 2. The standard InChI is InChI=1S/C43H73N15O7/c44-21-6-3-16-30(47)36(59)54-32(19-10-24-52-42(48)49)37(60)55-33(20-11-25-53-43(50)51)39(62)58-35(26-28-14-9-13-27-12-1-2-15-29(27)28)40(63)56-31(17-4-7-22-45)38(61)57-34(41(64)65)18-5-8-23-46/h1-2,9,12-15,30-35H,3-8,10-11,16-26,44-47H2,(H,54,59)(H,55,60)(H,56,63)(H,57,61)(H,58,62)(H,64,65)(H4,48,49,52)(H4,50,51,53). The number of rotatable bonds is 33. The van der Waals surface area contributed by atoms with Gasteiger partial charge in [-0.05, 0) is 113 Å². The lowest BCUT2D eigenvalue weighted by Gasteiger charge is -2.27. The van der Waals surface area contributed by atoms with Gasteiger partial charge >= 0.3 is 5.97 Å². The quantitative estimate of drug-likeness (QED) is 0.0204. The van der Waals surface area contributed by atoms with Crippen molar-refractivity contribution >= 4 is 58.2 Å². The number of hydrogen-bond donors (Lipinski definition) is 14. The van der Waals surface area contributed by atoms with Gasteiger partial charge in [-0.25, -0.2) is 4.79 Å². The highest BCUT2D eigenvalue weighted by Gasteiger charge is 2.33. The first-order chi connectivity index (χ1) is 31.1. The van der Waals surface area contributed by atoms with E-state index >= 15 is 0 Å². The van der Waals surface area contributed by atoms with E-state index in [1.165, 1.54) is 0 Å². The zero-order valence-electron chi connectivity index (χ0n) is 37.4. The number of amides is 5. The van der Waals surface area contributed by atoms with E-state index in [9.17, 15) is 33.9 Å². The van der Waals surface area contributed by atoms with Crippen LogP contribution in [0.15, 0.2) is 52.4 Å². The molecule has 0 heterocycles. The zero-order chi connectivity index (χ0) is 48.1. The number of aliphatic carboxylic acids is 1. The van der Waals surface area contributed by atoms with Crippen LogP contribution in [0.2, 0.25) is 0 Å². The van der Waals surface area contributed by atoms with Crippen LogP contribution >= 0.6 is 0 Å². The molecule has 22 heteroatoms. The van der Waals surface area contributed by atoms with Crippen molar-refractivity contribution in [2.24, 2.45) is 55.9 Å². The number of nitrogens with two attached hydrogens (primary N) is 8. The third-order valence-corrected chi connectivity index (χ3v) is 10.5. The first-order valence-electron chi connectivity index (χ1n) is 22.3. The van der Waals surface area contributed by atoms with Gasteiger partial charge in [0.15, 0.2) is 11.9 Å². The summed E-state index contributed by atoms with van der Waals surface area (Å²) < 4.78 is 0. The minimum Gasteiger partial charge on any atom is -0.480 e. The largest absolute Gasteiger partial charge is 0.480 e. The minimum absolute atomic E-state index is 0.00488. The Hall–Kier alpha value is -6.10. The number of nitrogens with one attached hydrogen (secondary N) is 5. The number of unbranched alkanes of at least 4 members (excludes halogenated alkanes) is 3. The van der Waals surface area contributed by atoms with Crippen LogP contribution in [0.4, 0.5) is 0 Å². The van der Waals surface area contributed by atoms with Gasteiger partial charge in [0.1, 0.15) is 30.2 Å². The summed E-state index contributed by atoms with van der Waals surface area (Å²) in [7, 11) is 0. The van der Waals surface area contributed by atoms with E-state index in [1.54, 1.807) is 0 Å². The second-order valence-electron chi connectivity index (χ2n) is 15.8. The highest BCUT2D eigenvalue weighted by Crippen LogP contribution is 2.20. The summed E-state index contributed by atoms with van der Waals surface area (Å²) in [5.74, 6) is -5.09. The Morgan fingerprint density at radius 1 is 0.492 bits per heavy atom. The molecule has 5 amide bonds. The molecule has 22 nitrogen and oxygen atoms in total. The van der Waals surface area contributed by atoms with Gasteiger partial charge in [0.05, 0.1) is 6.04 Å².